The molecule has 4 rings (SSSR count). The van der Waals surface area contributed by atoms with Crippen LogP contribution in [-0.2, 0) is 6.42 Å². The van der Waals surface area contributed by atoms with Crippen molar-refractivity contribution in [2.24, 2.45) is 35.3 Å². The minimum Gasteiger partial charge on any atom is -0.327 e. The van der Waals surface area contributed by atoms with Crippen molar-refractivity contribution < 1.29 is 0 Å². The molecular weight excluding hydrogens is 226 g/mol. The highest BCUT2D eigenvalue weighted by Gasteiger charge is 2.65. The molecular formula is C15H21NS. The molecule has 3 saturated carbocycles. The molecule has 2 N–H and O–H groups in total. The Morgan fingerprint density at radius 2 is 2.06 bits per heavy atom. The number of hydrogen-bond donors (Lipinski definition) is 1. The first-order valence-electron chi connectivity index (χ1n) is 7.12. The van der Waals surface area contributed by atoms with E-state index in [0.29, 0.717) is 6.04 Å². The fourth-order valence-corrected chi connectivity index (χ4v) is 5.65. The van der Waals surface area contributed by atoms with Crippen LogP contribution in [0.15, 0.2) is 17.5 Å². The molecule has 17 heavy (non-hydrogen) atoms. The Kier molecular flexibility index (Phi) is 2.38. The van der Waals surface area contributed by atoms with Crippen LogP contribution in [0.5, 0.6) is 0 Å². The molecule has 0 aliphatic heterocycles. The van der Waals surface area contributed by atoms with Crippen molar-refractivity contribution >= 4 is 11.3 Å². The Morgan fingerprint density at radius 3 is 2.71 bits per heavy atom. The van der Waals surface area contributed by atoms with Crippen LogP contribution in [0.2, 0.25) is 0 Å². The molecule has 3 aliphatic carbocycles. The Labute approximate surface area is 107 Å². The number of thiophene rings is 1. The lowest BCUT2D eigenvalue weighted by molar-refractivity contribution is 0.399. The van der Waals surface area contributed by atoms with E-state index in [-0.39, 0.29) is 0 Å². The largest absolute Gasteiger partial charge is 0.327 e. The van der Waals surface area contributed by atoms with Crippen LogP contribution in [0.4, 0.5) is 0 Å². The van der Waals surface area contributed by atoms with Gasteiger partial charge in [0.05, 0.1) is 0 Å². The Bertz CT molecular complexity index is 383. The maximum absolute atomic E-state index is 6.44. The van der Waals surface area contributed by atoms with Crippen LogP contribution < -0.4 is 5.73 Å². The summed E-state index contributed by atoms with van der Waals surface area (Å²) in [5, 5.41) is 2.17. The van der Waals surface area contributed by atoms with E-state index in [9.17, 15) is 0 Å². The van der Waals surface area contributed by atoms with Gasteiger partial charge in [0.1, 0.15) is 0 Å². The van der Waals surface area contributed by atoms with Crippen LogP contribution >= 0.6 is 11.3 Å². The summed E-state index contributed by atoms with van der Waals surface area (Å²) in [6.07, 6.45) is 6.98. The molecule has 0 spiro atoms. The van der Waals surface area contributed by atoms with Gasteiger partial charge in [-0.2, -0.15) is 0 Å². The summed E-state index contributed by atoms with van der Waals surface area (Å²) >= 11 is 1.88. The second-order valence-corrected chi connectivity index (χ2v) is 7.38. The lowest BCUT2D eigenvalue weighted by Gasteiger charge is -2.15. The summed E-state index contributed by atoms with van der Waals surface area (Å²) < 4.78 is 0. The summed E-state index contributed by atoms with van der Waals surface area (Å²) in [7, 11) is 0. The quantitative estimate of drug-likeness (QED) is 0.868. The highest BCUT2D eigenvalue weighted by atomic mass is 32.1. The van der Waals surface area contributed by atoms with Crippen LogP contribution in [0.25, 0.3) is 0 Å². The van der Waals surface area contributed by atoms with Crippen molar-refractivity contribution in [2.45, 2.75) is 38.1 Å². The van der Waals surface area contributed by atoms with E-state index < -0.39 is 0 Å². The van der Waals surface area contributed by atoms with Crippen LogP contribution in [0.1, 0.15) is 30.6 Å². The van der Waals surface area contributed by atoms with Crippen LogP contribution in [0.3, 0.4) is 0 Å². The molecule has 3 fully saturated rings. The van der Waals surface area contributed by atoms with E-state index in [1.54, 1.807) is 6.42 Å². The van der Waals surface area contributed by atoms with Gasteiger partial charge in [-0.1, -0.05) is 6.07 Å². The normalized spacial score (nSPS) is 43.7. The standard InChI is InChI=1S/C15H21NS/c16-12(6-5-11-2-1-7-17-11)15-13-9-3-4-10(8-9)14(13)15/h1-2,7,9-10,12-15H,3-6,8,16H2. The van der Waals surface area contributed by atoms with Gasteiger partial charge in [-0.25, -0.2) is 0 Å². The maximum atomic E-state index is 6.44. The van der Waals surface area contributed by atoms with Crippen LogP contribution in [0, 0.1) is 29.6 Å². The summed E-state index contributed by atoms with van der Waals surface area (Å²) in [5.74, 6) is 5.14. The minimum absolute atomic E-state index is 0.482. The van der Waals surface area contributed by atoms with Gasteiger partial charge in [0.15, 0.2) is 0 Å². The number of fused-ring (bicyclic) bond motifs is 5. The zero-order valence-corrected chi connectivity index (χ0v) is 11.0. The molecule has 5 atom stereocenters. The summed E-state index contributed by atoms with van der Waals surface area (Å²) in [5.41, 5.74) is 6.44. The van der Waals surface area contributed by atoms with Crippen molar-refractivity contribution in [3.8, 4) is 0 Å². The maximum Gasteiger partial charge on any atom is 0.00763 e. The van der Waals surface area contributed by atoms with Crippen LogP contribution in [-0.4, -0.2) is 6.04 Å². The third-order valence-corrected chi connectivity index (χ3v) is 6.53. The topological polar surface area (TPSA) is 26.0 Å². The van der Waals surface area contributed by atoms with Gasteiger partial charge >= 0.3 is 0 Å². The summed E-state index contributed by atoms with van der Waals surface area (Å²) in [6, 6.07) is 4.88. The van der Waals surface area contributed by atoms with Gasteiger partial charge in [0.2, 0.25) is 0 Å². The van der Waals surface area contributed by atoms with E-state index in [4.69, 9.17) is 5.73 Å². The average molecular weight is 247 g/mol. The Morgan fingerprint density at radius 1 is 1.29 bits per heavy atom. The number of hydrogen-bond acceptors (Lipinski definition) is 2. The fourth-order valence-electron chi connectivity index (χ4n) is 4.92. The van der Waals surface area contributed by atoms with Gasteiger partial charge < -0.3 is 5.73 Å². The van der Waals surface area contributed by atoms with E-state index in [1.165, 1.54) is 30.6 Å². The zero-order chi connectivity index (χ0) is 11.4. The van der Waals surface area contributed by atoms with Gasteiger partial charge in [-0.05, 0) is 73.1 Å². The smallest absolute Gasteiger partial charge is 0.00763 e. The third-order valence-electron chi connectivity index (χ3n) is 5.59. The van der Waals surface area contributed by atoms with E-state index in [2.05, 4.69) is 17.5 Å². The predicted molar refractivity (Wildman–Crippen MR) is 71.9 cm³/mol. The zero-order valence-electron chi connectivity index (χ0n) is 10.2. The monoisotopic (exact) mass is 247 g/mol. The number of nitrogens with two attached hydrogens (primary N) is 1. The summed E-state index contributed by atoms with van der Waals surface area (Å²) in [4.78, 5) is 1.51. The highest BCUT2D eigenvalue weighted by molar-refractivity contribution is 7.09. The molecule has 0 aromatic carbocycles. The number of rotatable bonds is 4. The SMILES string of the molecule is NC(CCc1cccs1)C1C2C3CCC(C3)C12. The minimum atomic E-state index is 0.482. The van der Waals surface area contributed by atoms with Crippen molar-refractivity contribution in [3.63, 3.8) is 0 Å². The number of aryl methyl sites for hydroxylation is 1. The molecule has 0 amide bonds. The first-order chi connectivity index (χ1) is 8.34. The lowest BCUT2D eigenvalue weighted by Crippen LogP contribution is -2.26. The average Bonchev–Trinajstić information content (AvgIpc) is 2.80. The molecule has 92 valence electrons. The molecule has 0 radical (unpaired) electrons. The van der Waals surface area contributed by atoms with Gasteiger partial charge in [0, 0.05) is 10.9 Å². The molecule has 1 aromatic rings. The highest BCUT2D eigenvalue weighted by Crippen LogP contribution is 2.70. The first kappa shape index (κ1) is 10.6. The fraction of sp³-hybridized carbons (Fsp3) is 0.733. The van der Waals surface area contributed by atoms with E-state index in [1.807, 2.05) is 11.3 Å². The van der Waals surface area contributed by atoms with Gasteiger partial charge in [-0.15, -0.1) is 11.3 Å². The second-order valence-electron chi connectivity index (χ2n) is 6.35. The van der Waals surface area contributed by atoms with Crippen molar-refractivity contribution in [1.29, 1.82) is 0 Å². The third kappa shape index (κ3) is 1.61. The van der Waals surface area contributed by atoms with Gasteiger partial charge in [0.25, 0.3) is 0 Å². The molecule has 1 nitrogen and oxygen atoms in total. The van der Waals surface area contributed by atoms with Crippen molar-refractivity contribution in [3.05, 3.63) is 22.4 Å². The molecule has 5 unspecified atom stereocenters. The molecule has 1 heterocycles. The molecule has 1 aromatic heterocycles. The summed E-state index contributed by atoms with van der Waals surface area (Å²) in [6.45, 7) is 0. The van der Waals surface area contributed by atoms with Crippen molar-refractivity contribution in [1.82, 2.24) is 0 Å². The Hall–Kier alpha value is -0.340. The van der Waals surface area contributed by atoms with Gasteiger partial charge in [-0.3, -0.25) is 0 Å². The molecule has 0 saturated heterocycles. The van der Waals surface area contributed by atoms with E-state index in [0.717, 1.165) is 29.6 Å². The Balaban J connectivity index is 1.35. The molecule has 2 bridgehead atoms. The lowest BCUT2D eigenvalue weighted by atomic mass is 9.95. The predicted octanol–water partition coefficient (Wildman–Crippen LogP) is 3.30. The molecule has 3 aliphatic rings. The van der Waals surface area contributed by atoms with E-state index >= 15 is 0 Å². The molecule has 2 heteroatoms. The van der Waals surface area contributed by atoms with Crippen molar-refractivity contribution in [2.75, 3.05) is 0 Å². The first-order valence-corrected chi connectivity index (χ1v) is 8.00. The second kappa shape index (κ2) is 3.83.